The predicted octanol–water partition coefficient (Wildman–Crippen LogP) is 2.62. The highest BCUT2D eigenvalue weighted by molar-refractivity contribution is 5.92. The molecule has 1 amide bonds. The second-order valence-electron chi connectivity index (χ2n) is 6.55. The Balaban J connectivity index is 1.70. The fourth-order valence-electron chi connectivity index (χ4n) is 3.97. The average molecular weight is 338 g/mol. The third-order valence-corrected chi connectivity index (χ3v) is 5.04. The lowest BCUT2D eigenvalue weighted by atomic mass is 9.85. The van der Waals surface area contributed by atoms with Crippen LogP contribution < -0.4 is 5.32 Å². The van der Waals surface area contributed by atoms with Crippen molar-refractivity contribution in [1.29, 1.82) is 0 Å². The summed E-state index contributed by atoms with van der Waals surface area (Å²) in [6, 6.07) is 2.32. The molecule has 0 bridgehead atoms. The molecule has 2 aliphatic rings. The van der Waals surface area contributed by atoms with Gasteiger partial charge in [-0.1, -0.05) is 12.8 Å². The van der Waals surface area contributed by atoms with Gasteiger partial charge in [0.15, 0.2) is 0 Å². The van der Waals surface area contributed by atoms with Gasteiger partial charge in [0.05, 0.1) is 12.2 Å². The van der Waals surface area contributed by atoms with E-state index in [0.29, 0.717) is 18.4 Å². The lowest BCUT2D eigenvalue weighted by Gasteiger charge is -2.32. The Morgan fingerprint density at radius 3 is 2.71 bits per heavy atom. The van der Waals surface area contributed by atoms with E-state index in [1.54, 1.807) is 4.90 Å². The molecule has 1 aromatic rings. The van der Waals surface area contributed by atoms with Crippen LogP contribution in [0.4, 0.5) is 14.5 Å². The molecule has 5 nitrogen and oxygen atoms in total. The number of carbonyl (C=O) groups excluding carboxylic acids is 1. The standard InChI is InChI=1S/C17H20F2N2O3/c18-11-5-6-13(12(19)8-11)20-16(22)9-21-14-4-2-1-3-10(14)7-15(21)17(23)24/h5-6,8,10,14-15H,1-4,7,9H2,(H,20,22)(H,23,24). The minimum Gasteiger partial charge on any atom is -0.480 e. The summed E-state index contributed by atoms with van der Waals surface area (Å²) in [6.07, 6.45) is 4.54. The summed E-state index contributed by atoms with van der Waals surface area (Å²) in [6.45, 7) is -0.102. The second-order valence-corrected chi connectivity index (χ2v) is 6.55. The van der Waals surface area contributed by atoms with Crippen LogP contribution in [-0.2, 0) is 9.59 Å². The SMILES string of the molecule is O=C(CN1C(C(=O)O)CC2CCCCC21)Nc1ccc(F)cc1F. The summed E-state index contributed by atoms with van der Waals surface area (Å²) in [5.74, 6) is -2.69. The third-order valence-electron chi connectivity index (χ3n) is 5.04. The molecule has 1 aliphatic carbocycles. The molecule has 2 fully saturated rings. The van der Waals surface area contributed by atoms with Gasteiger partial charge in [0.1, 0.15) is 17.7 Å². The molecular weight excluding hydrogens is 318 g/mol. The van der Waals surface area contributed by atoms with Crippen molar-refractivity contribution >= 4 is 17.6 Å². The molecule has 1 saturated heterocycles. The monoisotopic (exact) mass is 338 g/mol. The Hall–Kier alpha value is -2.02. The number of carboxylic acids is 1. The van der Waals surface area contributed by atoms with E-state index >= 15 is 0 Å². The molecule has 130 valence electrons. The van der Waals surface area contributed by atoms with Gasteiger partial charge in [0, 0.05) is 12.1 Å². The molecule has 1 aromatic carbocycles. The van der Waals surface area contributed by atoms with Crippen LogP contribution in [0, 0.1) is 17.6 Å². The number of anilines is 1. The molecule has 3 atom stereocenters. The summed E-state index contributed by atoms with van der Waals surface area (Å²) in [7, 11) is 0. The van der Waals surface area contributed by atoms with Gasteiger partial charge in [0.25, 0.3) is 0 Å². The first kappa shape index (κ1) is 16.8. The van der Waals surface area contributed by atoms with Crippen molar-refractivity contribution in [2.75, 3.05) is 11.9 Å². The number of aliphatic carboxylic acids is 1. The van der Waals surface area contributed by atoms with Crippen LogP contribution in [0.25, 0.3) is 0 Å². The van der Waals surface area contributed by atoms with E-state index in [2.05, 4.69) is 5.32 Å². The minimum atomic E-state index is -0.926. The first-order valence-corrected chi connectivity index (χ1v) is 8.19. The number of hydrogen-bond donors (Lipinski definition) is 2. The number of fused-ring (bicyclic) bond motifs is 1. The number of hydrogen-bond acceptors (Lipinski definition) is 3. The largest absolute Gasteiger partial charge is 0.480 e. The molecule has 1 saturated carbocycles. The number of benzene rings is 1. The lowest BCUT2D eigenvalue weighted by Crippen LogP contribution is -2.46. The van der Waals surface area contributed by atoms with Crippen molar-refractivity contribution in [1.82, 2.24) is 4.90 Å². The first-order chi connectivity index (χ1) is 11.5. The van der Waals surface area contributed by atoms with Gasteiger partial charge in [-0.25, -0.2) is 8.78 Å². The maximum Gasteiger partial charge on any atom is 0.320 e. The third kappa shape index (κ3) is 3.40. The zero-order valence-corrected chi connectivity index (χ0v) is 13.2. The van der Waals surface area contributed by atoms with Crippen LogP contribution in [0.3, 0.4) is 0 Å². The van der Waals surface area contributed by atoms with Crippen molar-refractivity contribution in [2.24, 2.45) is 5.92 Å². The fourth-order valence-corrected chi connectivity index (χ4v) is 3.97. The Kier molecular flexibility index (Phi) is 4.80. The minimum absolute atomic E-state index is 0.0867. The number of carboxylic acid groups (broad SMARTS) is 1. The van der Waals surface area contributed by atoms with E-state index in [4.69, 9.17) is 0 Å². The maximum absolute atomic E-state index is 13.6. The summed E-state index contributed by atoms with van der Waals surface area (Å²) < 4.78 is 26.5. The molecule has 3 rings (SSSR count). The number of nitrogens with one attached hydrogen (secondary N) is 1. The van der Waals surface area contributed by atoms with Crippen LogP contribution >= 0.6 is 0 Å². The maximum atomic E-state index is 13.6. The van der Waals surface area contributed by atoms with E-state index in [-0.39, 0.29) is 18.3 Å². The van der Waals surface area contributed by atoms with E-state index in [0.717, 1.165) is 37.8 Å². The van der Waals surface area contributed by atoms with Gasteiger partial charge < -0.3 is 10.4 Å². The summed E-state index contributed by atoms with van der Waals surface area (Å²) >= 11 is 0. The van der Waals surface area contributed by atoms with Crippen molar-refractivity contribution in [2.45, 2.75) is 44.2 Å². The highest BCUT2D eigenvalue weighted by Gasteiger charge is 2.45. The lowest BCUT2D eigenvalue weighted by molar-refractivity contribution is -0.143. The van der Waals surface area contributed by atoms with Crippen LogP contribution in [-0.4, -0.2) is 40.5 Å². The van der Waals surface area contributed by atoms with Crippen molar-refractivity contribution in [3.63, 3.8) is 0 Å². The van der Waals surface area contributed by atoms with Crippen molar-refractivity contribution < 1.29 is 23.5 Å². The molecular formula is C17H20F2N2O3. The summed E-state index contributed by atoms with van der Waals surface area (Å²) in [5.41, 5.74) is -0.104. The molecule has 0 aromatic heterocycles. The number of rotatable bonds is 4. The summed E-state index contributed by atoms with van der Waals surface area (Å²) in [4.78, 5) is 25.5. The molecule has 0 radical (unpaired) electrons. The van der Waals surface area contributed by atoms with Crippen molar-refractivity contribution in [3.05, 3.63) is 29.8 Å². The number of carbonyl (C=O) groups is 2. The Labute approximate surface area is 138 Å². The number of amides is 1. The number of nitrogens with zero attached hydrogens (tertiary/aromatic N) is 1. The van der Waals surface area contributed by atoms with Gasteiger partial charge in [-0.15, -0.1) is 0 Å². The number of likely N-dealkylation sites (tertiary alicyclic amines) is 1. The van der Waals surface area contributed by atoms with E-state index < -0.39 is 29.6 Å². The quantitative estimate of drug-likeness (QED) is 0.885. The van der Waals surface area contributed by atoms with Crippen molar-refractivity contribution in [3.8, 4) is 0 Å². The smallest absolute Gasteiger partial charge is 0.320 e. The first-order valence-electron chi connectivity index (χ1n) is 8.19. The molecule has 1 heterocycles. The zero-order valence-electron chi connectivity index (χ0n) is 13.2. The Morgan fingerprint density at radius 1 is 1.25 bits per heavy atom. The highest BCUT2D eigenvalue weighted by Crippen LogP contribution is 2.39. The number of halogens is 2. The molecule has 2 N–H and O–H groups in total. The Morgan fingerprint density at radius 2 is 2.00 bits per heavy atom. The molecule has 0 spiro atoms. The molecule has 3 unspecified atom stereocenters. The van der Waals surface area contributed by atoms with E-state index in [9.17, 15) is 23.5 Å². The van der Waals surface area contributed by atoms with Gasteiger partial charge in [0.2, 0.25) is 5.91 Å². The van der Waals surface area contributed by atoms with Crippen LogP contribution in [0.1, 0.15) is 32.1 Å². The molecule has 24 heavy (non-hydrogen) atoms. The topological polar surface area (TPSA) is 69.6 Å². The van der Waals surface area contributed by atoms with Gasteiger partial charge >= 0.3 is 5.97 Å². The van der Waals surface area contributed by atoms with Crippen LogP contribution in [0.2, 0.25) is 0 Å². The van der Waals surface area contributed by atoms with Gasteiger partial charge in [-0.3, -0.25) is 14.5 Å². The Bertz CT molecular complexity index is 653. The van der Waals surface area contributed by atoms with Crippen LogP contribution in [0.5, 0.6) is 0 Å². The van der Waals surface area contributed by atoms with Gasteiger partial charge in [-0.2, -0.15) is 0 Å². The zero-order chi connectivity index (χ0) is 17.3. The highest BCUT2D eigenvalue weighted by atomic mass is 19.1. The van der Waals surface area contributed by atoms with Crippen LogP contribution in [0.15, 0.2) is 18.2 Å². The summed E-state index contributed by atoms with van der Waals surface area (Å²) in [5, 5.41) is 11.8. The fraction of sp³-hybridized carbons (Fsp3) is 0.529. The second kappa shape index (κ2) is 6.84. The molecule has 1 aliphatic heterocycles. The van der Waals surface area contributed by atoms with E-state index in [1.807, 2.05) is 0 Å². The van der Waals surface area contributed by atoms with Gasteiger partial charge in [-0.05, 0) is 37.3 Å². The van der Waals surface area contributed by atoms with E-state index in [1.165, 1.54) is 0 Å². The average Bonchev–Trinajstić information content (AvgIpc) is 2.89. The normalized spacial score (nSPS) is 26.8. The molecule has 7 heteroatoms. The predicted molar refractivity (Wildman–Crippen MR) is 83.5 cm³/mol.